The summed E-state index contributed by atoms with van der Waals surface area (Å²) in [6.07, 6.45) is 4.84. The Labute approximate surface area is 169 Å². The lowest BCUT2D eigenvalue weighted by molar-refractivity contribution is 0.353. The van der Waals surface area contributed by atoms with Crippen LogP contribution in [-0.4, -0.2) is 50.7 Å². The minimum absolute atomic E-state index is 0.101. The third-order valence-corrected chi connectivity index (χ3v) is 6.05. The van der Waals surface area contributed by atoms with Crippen molar-refractivity contribution >= 4 is 5.82 Å². The number of benzene rings is 1. The first kappa shape index (κ1) is 18.1. The van der Waals surface area contributed by atoms with Crippen LogP contribution in [0.5, 0.6) is 5.75 Å². The predicted molar refractivity (Wildman–Crippen MR) is 109 cm³/mol. The second-order valence-corrected chi connectivity index (χ2v) is 8.01. The van der Waals surface area contributed by atoms with E-state index in [0.717, 1.165) is 18.7 Å². The Morgan fingerprint density at radius 2 is 1.83 bits per heavy atom. The predicted octanol–water partition coefficient (Wildman–Crippen LogP) is 2.93. The van der Waals surface area contributed by atoms with Gasteiger partial charge in [-0.1, -0.05) is 0 Å². The van der Waals surface area contributed by atoms with Crippen LogP contribution < -0.4 is 10.2 Å². The molecule has 8 nitrogen and oxygen atoms in total. The largest absolute Gasteiger partial charge is 0.507 e. The summed E-state index contributed by atoms with van der Waals surface area (Å²) in [6.45, 7) is 1.73. The zero-order valence-corrected chi connectivity index (χ0v) is 16.5. The van der Waals surface area contributed by atoms with Gasteiger partial charge in [0, 0.05) is 43.2 Å². The SMILES string of the molecule is Cc1nnc(-c2ccc(-c3ccc(N(C)[C@@H]4C[C@H]5CC[C@@H](C4)N5)nn3)c(O)c2)o1. The number of nitrogens with zero attached hydrogens (tertiary/aromatic N) is 5. The van der Waals surface area contributed by atoms with E-state index >= 15 is 0 Å². The highest BCUT2D eigenvalue weighted by Crippen LogP contribution is 2.33. The molecule has 1 aromatic carbocycles. The van der Waals surface area contributed by atoms with Crippen molar-refractivity contribution in [1.82, 2.24) is 25.7 Å². The zero-order chi connectivity index (χ0) is 20.0. The van der Waals surface area contributed by atoms with Gasteiger partial charge in [0.2, 0.25) is 11.8 Å². The van der Waals surface area contributed by atoms with Gasteiger partial charge in [-0.2, -0.15) is 0 Å². The summed E-state index contributed by atoms with van der Waals surface area (Å²) < 4.78 is 5.42. The molecule has 2 aromatic heterocycles. The van der Waals surface area contributed by atoms with Gasteiger partial charge in [-0.15, -0.1) is 20.4 Å². The molecule has 3 aromatic rings. The molecule has 2 saturated heterocycles. The van der Waals surface area contributed by atoms with E-state index in [1.54, 1.807) is 19.1 Å². The molecule has 150 valence electrons. The number of piperidine rings is 1. The maximum atomic E-state index is 10.5. The summed E-state index contributed by atoms with van der Waals surface area (Å²) in [5.41, 5.74) is 1.90. The number of hydrogen-bond donors (Lipinski definition) is 2. The monoisotopic (exact) mass is 392 g/mol. The van der Waals surface area contributed by atoms with E-state index in [1.165, 1.54) is 12.8 Å². The van der Waals surface area contributed by atoms with E-state index in [-0.39, 0.29) is 5.75 Å². The number of nitrogens with one attached hydrogen (secondary N) is 1. The number of aromatic hydroxyl groups is 1. The van der Waals surface area contributed by atoms with Crippen LogP contribution in [0.3, 0.4) is 0 Å². The van der Waals surface area contributed by atoms with Crippen LogP contribution >= 0.6 is 0 Å². The average Bonchev–Trinajstić information content (AvgIpc) is 3.32. The molecular formula is C21H24N6O2. The highest BCUT2D eigenvalue weighted by Gasteiger charge is 2.35. The fourth-order valence-electron chi connectivity index (χ4n) is 4.48. The highest BCUT2D eigenvalue weighted by molar-refractivity contribution is 5.71. The van der Waals surface area contributed by atoms with Crippen molar-refractivity contribution in [3.63, 3.8) is 0 Å². The molecule has 0 saturated carbocycles. The number of rotatable bonds is 4. The summed E-state index contributed by atoms with van der Waals surface area (Å²) in [5.74, 6) is 1.82. The van der Waals surface area contributed by atoms with Gasteiger partial charge in [0.15, 0.2) is 5.82 Å². The molecule has 0 amide bonds. The molecule has 2 fully saturated rings. The fraction of sp³-hybridized carbons (Fsp3) is 0.429. The van der Waals surface area contributed by atoms with Gasteiger partial charge in [-0.3, -0.25) is 0 Å². The number of fused-ring (bicyclic) bond motifs is 2. The maximum Gasteiger partial charge on any atom is 0.247 e. The molecule has 5 rings (SSSR count). The van der Waals surface area contributed by atoms with Crippen molar-refractivity contribution in [3.05, 3.63) is 36.2 Å². The Hall–Kier alpha value is -3.00. The average molecular weight is 392 g/mol. The van der Waals surface area contributed by atoms with Gasteiger partial charge in [0.25, 0.3) is 0 Å². The molecule has 4 heterocycles. The standard InChI is InChI=1S/C21H24N6O2/c1-12-23-26-21(29-12)13-3-6-17(19(28)9-13)18-7-8-20(25-24-18)27(2)16-10-14-4-5-15(11-16)22-14/h3,6-9,14-16,22,28H,4-5,10-11H2,1-2H3/t14-,15+,16-. The van der Waals surface area contributed by atoms with Gasteiger partial charge in [0.05, 0.1) is 5.69 Å². The lowest BCUT2D eigenvalue weighted by Gasteiger charge is -2.36. The van der Waals surface area contributed by atoms with Crippen molar-refractivity contribution in [2.75, 3.05) is 11.9 Å². The summed E-state index contributed by atoms with van der Waals surface area (Å²) >= 11 is 0. The van der Waals surface area contributed by atoms with Crippen molar-refractivity contribution in [1.29, 1.82) is 0 Å². The Morgan fingerprint density at radius 3 is 2.45 bits per heavy atom. The van der Waals surface area contributed by atoms with Gasteiger partial charge in [0.1, 0.15) is 5.75 Å². The number of phenols is 1. The first-order chi connectivity index (χ1) is 14.1. The zero-order valence-electron chi connectivity index (χ0n) is 16.5. The van der Waals surface area contributed by atoms with Gasteiger partial charge < -0.3 is 19.7 Å². The maximum absolute atomic E-state index is 10.5. The molecule has 2 aliphatic rings. The van der Waals surface area contributed by atoms with E-state index < -0.39 is 0 Å². The molecule has 0 spiro atoms. The van der Waals surface area contributed by atoms with E-state index in [9.17, 15) is 5.11 Å². The second-order valence-electron chi connectivity index (χ2n) is 8.01. The lowest BCUT2D eigenvalue weighted by Crippen LogP contribution is -2.47. The second kappa shape index (κ2) is 7.11. The van der Waals surface area contributed by atoms with Crippen LogP contribution in [0.2, 0.25) is 0 Å². The van der Waals surface area contributed by atoms with Crippen LogP contribution in [0.4, 0.5) is 5.82 Å². The van der Waals surface area contributed by atoms with E-state index in [2.05, 4.69) is 37.7 Å². The molecule has 0 aliphatic carbocycles. The highest BCUT2D eigenvalue weighted by atomic mass is 16.4. The molecule has 29 heavy (non-hydrogen) atoms. The number of aryl methyl sites for hydroxylation is 1. The number of hydrogen-bond acceptors (Lipinski definition) is 8. The minimum Gasteiger partial charge on any atom is -0.507 e. The van der Waals surface area contributed by atoms with Crippen LogP contribution in [-0.2, 0) is 0 Å². The van der Waals surface area contributed by atoms with Crippen molar-refractivity contribution in [2.24, 2.45) is 0 Å². The van der Waals surface area contributed by atoms with Crippen molar-refractivity contribution in [2.45, 2.75) is 50.7 Å². The molecule has 0 unspecified atom stereocenters. The Bertz CT molecular complexity index is 1010. The van der Waals surface area contributed by atoms with E-state index in [0.29, 0.717) is 46.7 Å². The third kappa shape index (κ3) is 3.44. The summed E-state index contributed by atoms with van der Waals surface area (Å²) in [5, 5.41) is 30.8. The number of phenolic OH excluding ortho intramolecular Hbond substituents is 1. The molecule has 2 N–H and O–H groups in total. The van der Waals surface area contributed by atoms with Crippen LogP contribution in [0.15, 0.2) is 34.7 Å². The minimum atomic E-state index is 0.101. The topological polar surface area (TPSA) is 100 Å². The molecule has 3 atom stereocenters. The third-order valence-electron chi connectivity index (χ3n) is 6.05. The molecule has 8 heteroatoms. The fourth-order valence-corrected chi connectivity index (χ4v) is 4.48. The van der Waals surface area contributed by atoms with Gasteiger partial charge in [-0.25, -0.2) is 0 Å². The van der Waals surface area contributed by atoms with Crippen LogP contribution in [0.1, 0.15) is 31.6 Å². The van der Waals surface area contributed by atoms with Crippen molar-refractivity contribution < 1.29 is 9.52 Å². The molecule has 2 bridgehead atoms. The van der Waals surface area contributed by atoms with Crippen LogP contribution in [0, 0.1) is 6.92 Å². The first-order valence-corrected chi connectivity index (χ1v) is 10.0. The first-order valence-electron chi connectivity index (χ1n) is 10.0. The lowest BCUT2D eigenvalue weighted by atomic mass is 9.98. The Morgan fingerprint density at radius 1 is 1.03 bits per heavy atom. The summed E-state index contributed by atoms with van der Waals surface area (Å²) in [6, 6.07) is 10.9. The summed E-state index contributed by atoms with van der Waals surface area (Å²) in [7, 11) is 2.10. The Kier molecular flexibility index (Phi) is 4.43. The van der Waals surface area contributed by atoms with E-state index in [4.69, 9.17) is 4.42 Å². The van der Waals surface area contributed by atoms with E-state index in [1.807, 2.05) is 18.2 Å². The quantitative estimate of drug-likeness (QED) is 0.699. The smallest absolute Gasteiger partial charge is 0.247 e. The summed E-state index contributed by atoms with van der Waals surface area (Å²) in [4.78, 5) is 2.24. The van der Waals surface area contributed by atoms with Gasteiger partial charge >= 0.3 is 0 Å². The molecular weight excluding hydrogens is 368 g/mol. The van der Waals surface area contributed by atoms with Crippen molar-refractivity contribution in [3.8, 4) is 28.5 Å². The Balaban J connectivity index is 1.34. The van der Waals surface area contributed by atoms with Crippen LogP contribution in [0.25, 0.3) is 22.7 Å². The molecule has 0 radical (unpaired) electrons. The molecule has 2 aliphatic heterocycles. The normalized spacial score (nSPS) is 23.3. The van der Waals surface area contributed by atoms with Gasteiger partial charge in [-0.05, 0) is 56.0 Å². The number of aromatic nitrogens is 4. The number of anilines is 1.